The molecule has 0 radical (unpaired) electrons. The largest absolute Gasteiger partial charge is 0.379 e. The third-order valence-corrected chi connectivity index (χ3v) is 3.20. The molecule has 0 saturated carbocycles. The van der Waals surface area contributed by atoms with Crippen molar-refractivity contribution in [1.82, 2.24) is 0 Å². The number of ether oxygens (including phenoxy) is 1. The van der Waals surface area contributed by atoms with Gasteiger partial charge in [0.15, 0.2) is 0 Å². The first kappa shape index (κ1) is 9.66. The van der Waals surface area contributed by atoms with Crippen LogP contribution in [0.1, 0.15) is 4.88 Å². The number of rotatable bonds is 3. The van der Waals surface area contributed by atoms with Gasteiger partial charge < -0.3 is 4.74 Å². The van der Waals surface area contributed by atoms with Crippen LogP contribution < -0.4 is 5.14 Å². The van der Waals surface area contributed by atoms with Gasteiger partial charge in [0.1, 0.15) is 0 Å². The van der Waals surface area contributed by atoms with Gasteiger partial charge in [-0.1, -0.05) is 0 Å². The second kappa shape index (κ2) is 3.53. The minimum absolute atomic E-state index is 0.152. The van der Waals surface area contributed by atoms with E-state index >= 15 is 0 Å². The maximum atomic E-state index is 10.8. The Hall–Kier alpha value is -0.430. The number of hydrogen-bond acceptors (Lipinski definition) is 4. The normalized spacial score (nSPS) is 11.8. The minimum Gasteiger partial charge on any atom is -0.379 e. The lowest BCUT2D eigenvalue weighted by Crippen LogP contribution is -2.10. The first-order valence-electron chi connectivity index (χ1n) is 3.13. The molecule has 4 nitrogen and oxygen atoms in total. The van der Waals surface area contributed by atoms with E-state index in [1.165, 1.54) is 22.8 Å². The topological polar surface area (TPSA) is 69.4 Å². The van der Waals surface area contributed by atoms with Crippen LogP contribution in [0.3, 0.4) is 0 Å². The maximum absolute atomic E-state index is 10.8. The van der Waals surface area contributed by atoms with Crippen LogP contribution in [0.15, 0.2) is 16.3 Å². The highest BCUT2D eigenvalue weighted by atomic mass is 32.2. The van der Waals surface area contributed by atoms with Crippen molar-refractivity contribution in [3.63, 3.8) is 0 Å². The van der Waals surface area contributed by atoms with E-state index < -0.39 is 10.0 Å². The summed E-state index contributed by atoms with van der Waals surface area (Å²) in [7, 11) is -1.99. The monoisotopic (exact) mass is 207 g/mol. The summed E-state index contributed by atoms with van der Waals surface area (Å²) in [5.74, 6) is 0. The molecule has 1 aromatic heterocycles. The van der Waals surface area contributed by atoms with E-state index in [1.807, 2.05) is 0 Å². The highest BCUT2D eigenvalue weighted by molar-refractivity contribution is 7.89. The van der Waals surface area contributed by atoms with Crippen molar-refractivity contribution in [3.05, 3.63) is 16.3 Å². The number of methoxy groups -OCH3 is 1. The summed E-state index contributed by atoms with van der Waals surface area (Å²) in [5, 5.41) is 6.41. The van der Waals surface area contributed by atoms with Gasteiger partial charge in [-0.15, -0.1) is 11.3 Å². The number of sulfonamides is 1. The van der Waals surface area contributed by atoms with Crippen molar-refractivity contribution < 1.29 is 13.2 Å². The van der Waals surface area contributed by atoms with Crippen LogP contribution in [-0.2, 0) is 21.4 Å². The van der Waals surface area contributed by atoms with Crippen LogP contribution in [0.25, 0.3) is 0 Å². The molecule has 0 fully saturated rings. The number of nitrogens with two attached hydrogens (primary N) is 1. The van der Waals surface area contributed by atoms with Gasteiger partial charge in [0.2, 0.25) is 10.0 Å². The van der Waals surface area contributed by atoms with Crippen LogP contribution in [0.4, 0.5) is 0 Å². The first-order valence-corrected chi connectivity index (χ1v) is 5.56. The van der Waals surface area contributed by atoms with Gasteiger partial charge in [-0.05, 0) is 6.07 Å². The molecule has 2 N–H and O–H groups in total. The van der Waals surface area contributed by atoms with Gasteiger partial charge in [0.25, 0.3) is 0 Å². The van der Waals surface area contributed by atoms with E-state index in [0.29, 0.717) is 6.61 Å². The van der Waals surface area contributed by atoms with Crippen LogP contribution >= 0.6 is 11.3 Å². The molecule has 0 aromatic carbocycles. The van der Waals surface area contributed by atoms with Crippen LogP contribution in [-0.4, -0.2) is 15.5 Å². The molecule has 0 amide bonds. The van der Waals surface area contributed by atoms with Gasteiger partial charge in [0, 0.05) is 17.4 Å². The Morgan fingerprint density at radius 3 is 2.75 bits per heavy atom. The third-order valence-electron chi connectivity index (χ3n) is 1.24. The molecular weight excluding hydrogens is 198 g/mol. The molecular formula is C6H9NO3S2. The quantitative estimate of drug-likeness (QED) is 0.786. The molecule has 0 aliphatic rings. The fraction of sp³-hybridized carbons (Fsp3) is 0.333. The van der Waals surface area contributed by atoms with Crippen molar-refractivity contribution in [2.24, 2.45) is 5.14 Å². The lowest BCUT2D eigenvalue weighted by atomic mass is 10.5. The standard InChI is InChI=1S/C6H9NO3S2/c1-10-3-5-2-6(4-11-5)12(7,8)9/h2,4H,3H2,1H3,(H2,7,8,9). The molecule has 6 heteroatoms. The van der Waals surface area contributed by atoms with Gasteiger partial charge in [-0.25, -0.2) is 13.6 Å². The number of thiophene rings is 1. The molecule has 0 bridgehead atoms. The van der Waals surface area contributed by atoms with Crippen molar-refractivity contribution >= 4 is 21.4 Å². The molecule has 0 saturated heterocycles. The SMILES string of the molecule is COCc1cc(S(N)(=O)=O)cs1. The highest BCUT2D eigenvalue weighted by Gasteiger charge is 2.09. The summed E-state index contributed by atoms with van der Waals surface area (Å²) >= 11 is 1.32. The van der Waals surface area contributed by atoms with E-state index in [1.54, 1.807) is 7.11 Å². The van der Waals surface area contributed by atoms with Crippen LogP contribution in [0.5, 0.6) is 0 Å². The predicted molar refractivity (Wildman–Crippen MR) is 46.4 cm³/mol. The Morgan fingerprint density at radius 2 is 2.33 bits per heavy atom. The van der Waals surface area contributed by atoms with E-state index in [-0.39, 0.29) is 4.90 Å². The summed E-state index contributed by atoms with van der Waals surface area (Å²) in [5.41, 5.74) is 0. The van der Waals surface area contributed by atoms with Crippen molar-refractivity contribution in [2.75, 3.05) is 7.11 Å². The van der Waals surface area contributed by atoms with Crippen molar-refractivity contribution in [1.29, 1.82) is 0 Å². The van der Waals surface area contributed by atoms with E-state index in [0.717, 1.165) is 4.88 Å². The average Bonchev–Trinajstić information content (AvgIpc) is 2.35. The molecule has 0 spiro atoms. The lowest BCUT2D eigenvalue weighted by molar-refractivity contribution is 0.187. The maximum Gasteiger partial charge on any atom is 0.238 e. The zero-order valence-corrected chi connectivity index (χ0v) is 8.11. The van der Waals surface area contributed by atoms with Gasteiger partial charge in [0.05, 0.1) is 11.5 Å². The zero-order valence-electron chi connectivity index (χ0n) is 6.48. The summed E-state index contributed by atoms with van der Waals surface area (Å²) in [6, 6.07) is 1.52. The zero-order chi connectivity index (χ0) is 9.19. The molecule has 0 atom stereocenters. The number of primary sulfonamides is 1. The average molecular weight is 207 g/mol. The van der Waals surface area contributed by atoms with Crippen LogP contribution in [0.2, 0.25) is 0 Å². The van der Waals surface area contributed by atoms with Crippen LogP contribution in [0, 0.1) is 0 Å². The number of hydrogen-bond donors (Lipinski definition) is 1. The molecule has 68 valence electrons. The summed E-state index contributed by atoms with van der Waals surface area (Å²) < 4.78 is 26.4. The molecule has 1 rings (SSSR count). The van der Waals surface area contributed by atoms with Crippen molar-refractivity contribution in [3.8, 4) is 0 Å². The van der Waals surface area contributed by atoms with Gasteiger partial charge in [-0.3, -0.25) is 0 Å². The lowest BCUT2D eigenvalue weighted by Gasteiger charge is -1.91. The third kappa shape index (κ3) is 2.28. The van der Waals surface area contributed by atoms with E-state index in [9.17, 15) is 8.42 Å². The summed E-state index contributed by atoms with van der Waals surface area (Å²) in [6.07, 6.45) is 0. The highest BCUT2D eigenvalue weighted by Crippen LogP contribution is 2.18. The Labute approximate surface area is 75.0 Å². The molecule has 0 aliphatic carbocycles. The minimum atomic E-state index is -3.55. The van der Waals surface area contributed by atoms with E-state index in [4.69, 9.17) is 9.88 Å². The molecule has 12 heavy (non-hydrogen) atoms. The molecule has 0 aliphatic heterocycles. The molecule has 1 aromatic rings. The van der Waals surface area contributed by atoms with E-state index in [2.05, 4.69) is 0 Å². The Kier molecular flexibility index (Phi) is 2.84. The molecule has 0 unspecified atom stereocenters. The fourth-order valence-corrected chi connectivity index (χ4v) is 2.51. The second-order valence-electron chi connectivity index (χ2n) is 2.23. The van der Waals surface area contributed by atoms with Gasteiger partial charge >= 0.3 is 0 Å². The first-order chi connectivity index (χ1) is 5.54. The summed E-state index contributed by atoms with van der Waals surface area (Å²) in [4.78, 5) is 1.00. The smallest absolute Gasteiger partial charge is 0.238 e. The predicted octanol–water partition coefficient (Wildman–Crippen LogP) is 0.542. The molecule has 1 heterocycles. The Balaban J connectivity index is 2.92. The Morgan fingerprint density at radius 1 is 1.67 bits per heavy atom. The fourth-order valence-electron chi connectivity index (χ4n) is 0.728. The second-order valence-corrected chi connectivity index (χ2v) is 4.78. The summed E-state index contributed by atoms with van der Waals surface area (Å²) in [6.45, 7) is 0.417. The Bertz CT molecular complexity index is 355. The van der Waals surface area contributed by atoms with Gasteiger partial charge in [-0.2, -0.15) is 0 Å². The van der Waals surface area contributed by atoms with Crippen molar-refractivity contribution in [2.45, 2.75) is 11.5 Å².